The first kappa shape index (κ1) is 21.7. The van der Waals surface area contributed by atoms with Crippen LogP contribution >= 0.6 is 11.8 Å². The van der Waals surface area contributed by atoms with E-state index in [9.17, 15) is 9.59 Å². The van der Waals surface area contributed by atoms with Crippen molar-refractivity contribution in [3.63, 3.8) is 0 Å². The second-order valence-electron chi connectivity index (χ2n) is 8.73. The topological polar surface area (TPSA) is 71.0 Å². The summed E-state index contributed by atoms with van der Waals surface area (Å²) in [4.78, 5) is 32.5. The van der Waals surface area contributed by atoms with E-state index in [1.807, 2.05) is 44.9 Å². The van der Waals surface area contributed by atoms with Crippen molar-refractivity contribution in [1.29, 1.82) is 0 Å². The van der Waals surface area contributed by atoms with Crippen LogP contribution in [0.1, 0.15) is 62.8 Å². The summed E-state index contributed by atoms with van der Waals surface area (Å²) < 4.78 is 5.61. The first-order valence-electron chi connectivity index (χ1n) is 10.8. The Morgan fingerprint density at radius 1 is 1.26 bits per heavy atom. The fourth-order valence-corrected chi connectivity index (χ4v) is 4.89. The number of hydrogen-bond acceptors (Lipinski definition) is 6. The van der Waals surface area contributed by atoms with Crippen LogP contribution in [0.3, 0.4) is 0 Å². The van der Waals surface area contributed by atoms with E-state index in [4.69, 9.17) is 9.73 Å². The van der Waals surface area contributed by atoms with Crippen molar-refractivity contribution in [3.05, 3.63) is 57.3 Å². The van der Waals surface area contributed by atoms with Gasteiger partial charge in [0.2, 0.25) is 5.91 Å². The highest BCUT2D eigenvalue weighted by molar-refractivity contribution is 8.16. The Kier molecular flexibility index (Phi) is 5.97. The number of carbonyl (C=O) groups is 2. The molecule has 3 aliphatic rings. The van der Waals surface area contributed by atoms with E-state index in [0.29, 0.717) is 17.3 Å². The molecular formula is C24H29N3O3S. The van der Waals surface area contributed by atoms with Gasteiger partial charge >= 0.3 is 5.97 Å². The van der Waals surface area contributed by atoms with Gasteiger partial charge < -0.3 is 15.0 Å². The lowest BCUT2D eigenvalue weighted by Crippen LogP contribution is -2.38. The maximum Gasteiger partial charge on any atom is 0.338 e. The van der Waals surface area contributed by atoms with Crippen LogP contribution < -0.4 is 5.32 Å². The minimum absolute atomic E-state index is 0.00731. The van der Waals surface area contributed by atoms with Gasteiger partial charge in [0, 0.05) is 11.7 Å². The van der Waals surface area contributed by atoms with Gasteiger partial charge in [-0.1, -0.05) is 35.5 Å². The van der Waals surface area contributed by atoms with Crippen LogP contribution in [0.4, 0.5) is 0 Å². The summed E-state index contributed by atoms with van der Waals surface area (Å²) in [6, 6.07) is 6.18. The number of allylic oxidation sites excluding steroid dienone is 1. The van der Waals surface area contributed by atoms with E-state index in [1.165, 1.54) is 11.8 Å². The molecule has 7 heteroatoms. The Balaban J connectivity index is 1.76. The number of nitrogens with zero attached hydrogens (tertiary/aromatic N) is 2. The van der Waals surface area contributed by atoms with Crippen LogP contribution in [0.25, 0.3) is 0 Å². The lowest BCUT2D eigenvalue weighted by Gasteiger charge is -2.37. The Morgan fingerprint density at radius 3 is 2.68 bits per heavy atom. The molecule has 6 nitrogen and oxygen atoms in total. The third-order valence-electron chi connectivity index (χ3n) is 5.58. The monoisotopic (exact) mass is 439 g/mol. The molecule has 0 bridgehead atoms. The summed E-state index contributed by atoms with van der Waals surface area (Å²) in [6.07, 6.45) is 2.13. The van der Waals surface area contributed by atoms with E-state index in [0.717, 1.165) is 40.4 Å². The van der Waals surface area contributed by atoms with Crippen molar-refractivity contribution in [3.8, 4) is 0 Å². The third kappa shape index (κ3) is 4.56. The molecule has 0 saturated heterocycles. The molecule has 1 amide bonds. The largest absolute Gasteiger partial charge is 0.459 e. The molecule has 1 aromatic rings. The highest BCUT2D eigenvalue weighted by atomic mass is 32.2. The maximum absolute atomic E-state index is 13.2. The van der Waals surface area contributed by atoms with Gasteiger partial charge in [-0.05, 0) is 64.0 Å². The van der Waals surface area contributed by atoms with Crippen molar-refractivity contribution in [1.82, 2.24) is 10.2 Å². The predicted molar refractivity (Wildman–Crippen MR) is 123 cm³/mol. The van der Waals surface area contributed by atoms with E-state index in [-0.39, 0.29) is 30.4 Å². The zero-order valence-electron chi connectivity index (χ0n) is 18.7. The number of aliphatic imine (C=N–C) groups is 1. The molecule has 4 rings (SSSR count). The molecule has 164 valence electrons. The molecule has 31 heavy (non-hydrogen) atoms. The van der Waals surface area contributed by atoms with E-state index < -0.39 is 0 Å². The number of thioether (sulfide) groups is 1. The molecule has 1 aliphatic carbocycles. The van der Waals surface area contributed by atoms with Crippen LogP contribution in [0.15, 0.2) is 45.6 Å². The fraction of sp³-hybridized carbons (Fsp3) is 0.458. The summed E-state index contributed by atoms with van der Waals surface area (Å²) in [5.74, 6) is -0.354. The number of aryl methyl sites for hydroxylation is 2. The van der Waals surface area contributed by atoms with Gasteiger partial charge in [-0.2, -0.15) is 0 Å². The molecule has 2 heterocycles. The zero-order chi connectivity index (χ0) is 22.3. The first-order valence-corrected chi connectivity index (χ1v) is 11.6. The second-order valence-corrected chi connectivity index (χ2v) is 9.56. The van der Waals surface area contributed by atoms with Gasteiger partial charge in [0.1, 0.15) is 0 Å². The zero-order valence-corrected chi connectivity index (χ0v) is 19.5. The van der Waals surface area contributed by atoms with Crippen molar-refractivity contribution in [2.24, 2.45) is 4.99 Å². The van der Waals surface area contributed by atoms with Gasteiger partial charge in [0.05, 0.1) is 29.8 Å². The molecule has 1 atom stereocenters. The first-order chi connectivity index (χ1) is 14.7. The van der Waals surface area contributed by atoms with Crippen molar-refractivity contribution in [2.45, 2.75) is 72.1 Å². The van der Waals surface area contributed by atoms with E-state index >= 15 is 0 Å². The number of ether oxygens (including phenoxy) is 1. The molecule has 0 spiro atoms. The number of fused-ring (bicyclic) bond motifs is 1. The standard InChI is InChI=1S/C24H29N3O3S/c1-13(2)30-23(29)21-16(5)25-24-27(22(21)19-10-14(3)6-7-15(19)4)18(12-31-24)11-20(28)26-17-8-9-17/h6-7,10,12-13,17,22H,8-9,11H2,1-5H3,(H,26,28)/t22-/m1/s1. The molecule has 0 unspecified atom stereocenters. The molecular weight excluding hydrogens is 410 g/mol. The third-order valence-corrected chi connectivity index (χ3v) is 6.47. The number of rotatable bonds is 6. The predicted octanol–water partition coefficient (Wildman–Crippen LogP) is 4.50. The second kappa shape index (κ2) is 8.54. The Labute approximate surface area is 187 Å². The van der Waals surface area contributed by atoms with Gasteiger partial charge in [0.25, 0.3) is 0 Å². The Morgan fingerprint density at radius 2 is 2.00 bits per heavy atom. The highest BCUT2D eigenvalue weighted by Gasteiger charge is 2.42. The van der Waals surface area contributed by atoms with Crippen LogP contribution in [-0.2, 0) is 14.3 Å². The van der Waals surface area contributed by atoms with Crippen LogP contribution in [0.2, 0.25) is 0 Å². The van der Waals surface area contributed by atoms with Crippen LogP contribution in [0, 0.1) is 13.8 Å². The van der Waals surface area contributed by atoms with Gasteiger partial charge in [-0.15, -0.1) is 0 Å². The van der Waals surface area contributed by atoms with Crippen LogP contribution in [0.5, 0.6) is 0 Å². The summed E-state index contributed by atoms with van der Waals surface area (Å²) in [6.45, 7) is 9.64. The summed E-state index contributed by atoms with van der Waals surface area (Å²) in [7, 11) is 0. The van der Waals surface area contributed by atoms with Crippen molar-refractivity contribution < 1.29 is 14.3 Å². The molecule has 1 saturated carbocycles. The Hall–Kier alpha value is -2.54. The van der Waals surface area contributed by atoms with Gasteiger partial charge in [-0.25, -0.2) is 9.79 Å². The highest BCUT2D eigenvalue weighted by Crippen LogP contribution is 2.45. The quantitative estimate of drug-likeness (QED) is 0.661. The molecule has 1 N–H and O–H groups in total. The minimum Gasteiger partial charge on any atom is -0.459 e. The average molecular weight is 440 g/mol. The molecule has 0 radical (unpaired) electrons. The molecule has 0 aromatic heterocycles. The van der Waals surface area contributed by atoms with Crippen LogP contribution in [-0.4, -0.2) is 34.1 Å². The lowest BCUT2D eigenvalue weighted by molar-refractivity contribution is -0.143. The number of carbonyl (C=O) groups excluding carboxylic acids is 2. The number of benzene rings is 1. The van der Waals surface area contributed by atoms with Crippen molar-refractivity contribution in [2.75, 3.05) is 0 Å². The summed E-state index contributed by atoms with van der Waals surface area (Å²) in [5.41, 5.74) is 5.27. The summed E-state index contributed by atoms with van der Waals surface area (Å²) >= 11 is 1.50. The minimum atomic E-state index is -0.381. The number of nitrogens with one attached hydrogen (secondary N) is 1. The normalized spacial score (nSPS) is 20.5. The number of amides is 1. The van der Waals surface area contributed by atoms with Gasteiger partial charge in [-0.3, -0.25) is 4.79 Å². The summed E-state index contributed by atoms with van der Waals surface area (Å²) in [5, 5.41) is 5.83. The fourth-order valence-electron chi connectivity index (χ4n) is 3.93. The Bertz CT molecular complexity index is 1020. The van der Waals surface area contributed by atoms with E-state index in [1.54, 1.807) is 0 Å². The van der Waals surface area contributed by atoms with Crippen molar-refractivity contribution >= 4 is 28.8 Å². The molecule has 1 fully saturated rings. The lowest BCUT2D eigenvalue weighted by atomic mass is 9.90. The SMILES string of the molecule is CC1=C(C(=O)OC(C)C)[C@@H](c2cc(C)ccc2C)N2C(CC(=O)NC3CC3)=CSC2=N1. The number of esters is 1. The van der Waals surface area contributed by atoms with E-state index in [2.05, 4.69) is 23.5 Å². The number of hydrogen-bond donors (Lipinski definition) is 1. The smallest absolute Gasteiger partial charge is 0.338 e. The molecule has 2 aliphatic heterocycles. The number of amidine groups is 1. The van der Waals surface area contributed by atoms with Gasteiger partial charge in [0.15, 0.2) is 5.17 Å². The maximum atomic E-state index is 13.2. The molecule has 1 aromatic carbocycles. The average Bonchev–Trinajstić information content (AvgIpc) is 3.41.